The highest BCUT2D eigenvalue weighted by atomic mass is 19.3. The number of hydrogen-bond acceptors (Lipinski definition) is 7. The van der Waals surface area contributed by atoms with Gasteiger partial charge < -0.3 is 21.2 Å². The molecule has 0 spiro atoms. The number of aromatic nitrogens is 1. The number of fused-ring (bicyclic) bond motifs is 1. The van der Waals surface area contributed by atoms with Crippen LogP contribution in [-0.2, 0) is 4.79 Å². The molecule has 11 heteroatoms. The van der Waals surface area contributed by atoms with E-state index in [0.717, 1.165) is 28.7 Å². The number of anilines is 1. The van der Waals surface area contributed by atoms with Crippen LogP contribution in [0.1, 0.15) is 32.6 Å². The van der Waals surface area contributed by atoms with E-state index in [1.54, 1.807) is 18.2 Å². The third-order valence-corrected chi connectivity index (χ3v) is 7.41. The third kappa shape index (κ3) is 7.09. The lowest BCUT2D eigenvalue weighted by Gasteiger charge is -2.32. The van der Waals surface area contributed by atoms with Crippen molar-refractivity contribution < 1.29 is 22.7 Å². The van der Waals surface area contributed by atoms with Gasteiger partial charge in [-0.05, 0) is 60.0 Å². The number of nitrogens with zero attached hydrogens (tertiary/aromatic N) is 3. The van der Waals surface area contributed by atoms with Gasteiger partial charge in [-0.3, -0.25) is 9.69 Å². The van der Waals surface area contributed by atoms with Crippen LogP contribution in [0.15, 0.2) is 94.4 Å². The van der Waals surface area contributed by atoms with Gasteiger partial charge in [-0.25, -0.2) is 18.2 Å². The number of allylic oxidation sites excluding steroid dienone is 3. The molecule has 1 atom stereocenters. The molecule has 8 nitrogen and oxygen atoms in total. The number of piperidine rings is 1. The van der Waals surface area contributed by atoms with E-state index in [1.165, 1.54) is 30.6 Å². The molecule has 0 bridgehead atoms. The smallest absolute Gasteiger partial charge is 0.276 e. The summed E-state index contributed by atoms with van der Waals surface area (Å²) in [5, 5.41) is 7.12. The van der Waals surface area contributed by atoms with Gasteiger partial charge in [0, 0.05) is 50.2 Å². The van der Waals surface area contributed by atoms with Gasteiger partial charge >= 0.3 is 0 Å². The summed E-state index contributed by atoms with van der Waals surface area (Å²) < 4.78 is 46.1. The van der Waals surface area contributed by atoms with Gasteiger partial charge in [0.25, 0.3) is 11.8 Å². The fraction of sp³-hybridized carbons (Fsp3) is 0.323. The summed E-state index contributed by atoms with van der Waals surface area (Å²) in [4.78, 5) is 19.4. The van der Waals surface area contributed by atoms with Gasteiger partial charge in [0.15, 0.2) is 5.71 Å². The molecule has 3 heterocycles. The number of carbonyl (C=O) groups is 1. The van der Waals surface area contributed by atoms with E-state index in [1.807, 2.05) is 24.0 Å². The maximum absolute atomic E-state index is 13.6. The Morgan fingerprint density at radius 2 is 2.07 bits per heavy atom. The molecule has 5 rings (SSSR count). The second-order valence-corrected chi connectivity index (χ2v) is 10.4. The van der Waals surface area contributed by atoms with Crippen molar-refractivity contribution in [2.75, 3.05) is 25.0 Å². The highest BCUT2D eigenvalue weighted by Crippen LogP contribution is 2.31. The van der Waals surface area contributed by atoms with E-state index in [9.17, 15) is 18.0 Å². The van der Waals surface area contributed by atoms with Crippen LogP contribution >= 0.6 is 0 Å². The first-order valence-corrected chi connectivity index (χ1v) is 13.9. The lowest BCUT2D eigenvalue weighted by molar-refractivity contribution is -0.110. The molecule has 0 radical (unpaired) electrons. The Morgan fingerprint density at radius 3 is 2.76 bits per heavy atom. The number of hydrogen-bond donors (Lipinski definition) is 3. The second-order valence-electron chi connectivity index (χ2n) is 10.4. The first-order valence-electron chi connectivity index (χ1n) is 13.9. The number of benzene rings is 1. The van der Waals surface area contributed by atoms with Crippen LogP contribution in [0.25, 0.3) is 0 Å². The molecule has 42 heavy (non-hydrogen) atoms. The minimum atomic E-state index is -2.59. The average molecular weight is 579 g/mol. The molecule has 1 saturated heterocycles. The van der Waals surface area contributed by atoms with Crippen LogP contribution < -0.4 is 21.2 Å². The zero-order chi connectivity index (χ0) is 29.7. The Morgan fingerprint density at radius 1 is 1.26 bits per heavy atom. The molecule has 1 amide bonds. The summed E-state index contributed by atoms with van der Waals surface area (Å²) in [6, 6.07) is 8.84. The van der Waals surface area contributed by atoms with E-state index < -0.39 is 11.7 Å². The number of carbonyl (C=O) groups excluding carboxylic acids is 1. The van der Waals surface area contributed by atoms with Gasteiger partial charge in [-0.2, -0.15) is 5.10 Å². The molecule has 1 unspecified atom stereocenters. The molecule has 4 N–H and O–H groups in total. The highest BCUT2D eigenvalue weighted by Gasteiger charge is 2.34. The molecule has 1 aromatic carbocycles. The highest BCUT2D eigenvalue weighted by molar-refractivity contribution is 6.49. The van der Waals surface area contributed by atoms with Crippen LogP contribution in [0.5, 0.6) is 11.6 Å². The van der Waals surface area contributed by atoms with Crippen molar-refractivity contribution >= 4 is 17.3 Å². The van der Waals surface area contributed by atoms with Crippen molar-refractivity contribution in [3.63, 3.8) is 0 Å². The second kappa shape index (κ2) is 12.6. The summed E-state index contributed by atoms with van der Waals surface area (Å²) >= 11 is 0. The summed E-state index contributed by atoms with van der Waals surface area (Å²) in [6.45, 7) is 3.19. The topological polar surface area (TPSA) is 105 Å². The van der Waals surface area contributed by atoms with Crippen LogP contribution in [0, 0.1) is 5.82 Å². The van der Waals surface area contributed by atoms with Gasteiger partial charge in [-0.15, -0.1) is 0 Å². The molecule has 0 saturated carbocycles. The number of nitrogens with one attached hydrogen (secondary N) is 2. The van der Waals surface area contributed by atoms with E-state index >= 15 is 0 Å². The summed E-state index contributed by atoms with van der Waals surface area (Å²) in [7, 11) is 0. The maximum atomic E-state index is 13.6. The van der Waals surface area contributed by atoms with Gasteiger partial charge in [0.1, 0.15) is 11.6 Å². The Kier molecular flexibility index (Phi) is 8.77. The number of alkyl halides is 2. The predicted molar refractivity (Wildman–Crippen MR) is 156 cm³/mol. The van der Waals surface area contributed by atoms with Crippen molar-refractivity contribution in [3.05, 3.63) is 95.1 Å². The van der Waals surface area contributed by atoms with Crippen molar-refractivity contribution in [1.29, 1.82) is 0 Å². The number of nitrogens with two attached hydrogens (primary N) is 1. The van der Waals surface area contributed by atoms with Crippen molar-refractivity contribution in [3.8, 4) is 11.6 Å². The molecular weight excluding hydrogens is 545 g/mol. The SMILES string of the molecule is CC/C(=C\C(=C/N)CN1CCC(F)(F)CC1)C1=CCC2NN=C(C(=O)Nc3ccc(Oc4cccc(F)c4)nc3)C2=C1. The first kappa shape index (κ1) is 29.1. The number of halogens is 3. The normalized spacial score (nSPS) is 20.6. The molecule has 2 aliphatic heterocycles. The molecule has 220 valence electrons. The lowest BCUT2D eigenvalue weighted by atomic mass is 9.87. The minimum absolute atomic E-state index is 0.118. The van der Waals surface area contributed by atoms with E-state index in [4.69, 9.17) is 10.5 Å². The van der Waals surface area contributed by atoms with Gasteiger partial charge in [-0.1, -0.05) is 25.1 Å². The standard InChI is InChI=1S/C31H33F3N6O2/c1-2-21(14-20(17-35)19-40-12-10-31(33,34)11-13-40)22-6-8-27-26(15-22)29(39-38-27)30(41)37-24-7-9-28(36-18-24)42-25-5-3-4-23(32)16-25/h3-7,9,14-18,27,38H,2,8,10-13,19,35H2,1H3,(H,37,41)/b20-17+,21-14+. The summed E-state index contributed by atoms with van der Waals surface area (Å²) in [6.07, 6.45) is 10.1. The Hall–Kier alpha value is -4.38. The minimum Gasteiger partial charge on any atom is -0.439 e. The van der Waals surface area contributed by atoms with Crippen molar-refractivity contribution in [1.82, 2.24) is 15.3 Å². The zero-order valence-electron chi connectivity index (χ0n) is 23.2. The molecule has 1 fully saturated rings. The van der Waals surface area contributed by atoms with E-state index in [-0.39, 0.29) is 36.4 Å². The fourth-order valence-electron chi connectivity index (χ4n) is 5.08. The number of rotatable bonds is 9. The molecule has 3 aliphatic rings. The Balaban J connectivity index is 1.24. The fourth-order valence-corrected chi connectivity index (χ4v) is 5.08. The van der Waals surface area contributed by atoms with Crippen molar-refractivity contribution in [2.45, 2.75) is 44.6 Å². The van der Waals surface area contributed by atoms with Crippen LogP contribution in [0.3, 0.4) is 0 Å². The maximum Gasteiger partial charge on any atom is 0.276 e. The Labute approximate surface area is 242 Å². The number of hydrazone groups is 1. The number of amides is 1. The van der Waals surface area contributed by atoms with Crippen LogP contribution in [0.2, 0.25) is 0 Å². The monoisotopic (exact) mass is 578 g/mol. The molecule has 2 aromatic rings. The number of ether oxygens (including phenoxy) is 1. The average Bonchev–Trinajstić information content (AvgIpc) is 3.41. The lowest BCUT2D eigenvalue weighted by Crippen LogP contribution is -2.40. The summed E-state index contributed by atoms with van der Waals surface area (Å²) in [5.41, 5.74) is 13.3. The zero-order valence-corrected chi connectivity index (χ0v) is 23.2. The van der Waals surface area contributed by atoms with Gasteiger partial charge in [0.2, 0.25) is 5.88 Å². The predicted octanol–water partition coefficient (Wildman–Crippen LogP) is 5.45. The van der Waals surface area contributed by atoms with Crippen LogP contribution in [-0.4, -0.2) is 53.1 Å². The largest absolute Gasteiger partial charge is 0.439 e. The van der Waals surface area contributed by atoms with Crippen molar-refractivity contribution in [2.24, 2.45) is 10.8 Å². The van der Waals surface area contributed by atoms with E-state index in [0.29, 0.717) is 37.5 Å². The number of pyridine rings is 1. The molecule has 1 aliphatic carbocycles. The third-order valence-electron chi connectivity index (χ3n) is 7.41. The summed E-state index contributed by atoms with van der Waals surface area (Å²) in [5.74, 6) is -2.82. The number of likely N-dealkylation sites (tertiary alicyclic amines) is 1. The van der Waals surface area contributed by atoms with Gasteiger partial charge in [0.05, 0.1) is 17.9 Å². The first-order chi connectivity index (χ1) is 20.2. The quantitative estimate of drug-likeness (QED) is 0.342. The van der Waals surface area contributed by atoms with Crippen LogP contribution in [0.4, 0.5) is 18.9 Å². The molecular formula is C31H33F3N6O2. The Bertz CT molecular complexity index is 1470. The van der Waals surface area contributed by atoms with E-state index in [2.05, 4.69) is 26.9 Å². The molecule has 1 aromatic heterocycles.